The van der Waals surface area contributed by atoms with Gasteiger partial charge in [0.15, 0.2) is 28.8 Å². The van der Waals surface area contributed by atoms with Crippen LogP contribution in [-0.4, -0.2) is 51.6 Å². The van der Waals surface area contributed by atoms with Gasteiger partial charge in [0.25, 0.3) is 0 Å². The highest BCUT2D eigenvalue weighted by atomic mass is 16.5. The highest BCUT2D eigenvalue weighted by Crippen LogP contribution is 2.37. The second kappa shape index (κ2) is 10.2. The fourth-order valence-corrected chi connectivity index (χ4v) is 3.99. The molecule has 1 aliphatic heterocycles. The number of carbonyl (C=O) groups excluding carboxylic acids is 2. The van der Waals surface area contributed by atoms with E-state index in [1.54, 1.807) is 39.5 Å². The number of hydrogen-bond acceptors (Lipinski definition) is 6. The van der Waals surface area contributed by atoms with Gasteiger partial charge in [0.2, 0.25) is 5.91 Å². The molecule has 1 saturated heterocycles. The number of benzene rings is 2. The summed E-state index contributed by atoms with van der Waals surface area (Å²) in [5.41, 5.74) is 1.51. The Morgan fingerprint density at radius 2 is 1.45 bits per heavy atom. The molecular formula is C24H29NO6. The molecule has 7 heteroatoms. The maximum Gasteiger partial charge on any atom is 0.223 e. The largest absolute Gasteiger partial charge is 0.493 e. The second-order valence-electron chi connectivity index (χ2n) is 7.35. The van der Waals surface area contributed by atoms with Gasteiger partial charge in [0.05, 0.1) is 34.5 Å². The smallest absolute Gasteiger partial charge is 0.223 e. The van der Waals surface area contributed by atoms with E-state index in [9.17, 15) is 9.59 Å². The summed E-state index contributed by atoms with van der Waals surface area (Å²) >= 11 is 0. The van der Waals surface area contributed by atoms with Gasteiger partial charge in [-0.3, -0.25) is 9.59 Å². The highest BCUT2D eigenvalue weighted by Gasteiger charge is 2.30. The molecule has 3 rings (SSSR count). The molecule has 1 fully saturated rings. The Morgan fingerprint density at radius 1 is 0.839 bits per heavy atom. The number of Topliss-reactive ketones (excluding diaryl/α,β-unsaturated/α-hetero) is 1. The minimum Gasteiger partial charge on any atom is -0.493 e. The summed E-state index contributed by atoms with van der Waals surface area (Å²) in [5, 5.41) is 0. The summed E-state index contributed by atoms with van der Waals surface area (Å²) in [4.78, 5) is 27.4. The lowest BCUT2D eigenvalue weighted by molar-refractivity contribution is -0.132. The number of rotatable bonds is 9. The van der Waals surface area contributed by atoms with Crippen LogP contribution in [0, 0.1) is 0 Å². The standard InChI is InChI=1S/C24H29NO6/c1-28-20-10-7-16(14-22(20)30-3)18-6-5-13-25(18)24(27)12-9-19(26)17-8-11-21(29-2)23(15-17)31-4/h7-8,10-11,14-15,18H,5-6,9,12-13H2,1-4H3/t18-/m1/s1. The molecule has 1 aliphatic rings. The molecular weight excluding hydrogens is 398 g/mol. The van der Waals surface area contributed by atoms with Crippen LogP contribution in [0.5, 0.6) is 23.0 Å². The van der Waals surface area contributed by atoms with Gasteiger partial charge in [-0.1, -0.05) is 6.07 Å². The molecule has 0 spiro atoms. The molecule has 2 aromatic rings. The van der Waals surface area contributed by atoms with Gasteiger partial charge in [0, 0.05) is 24.9 Å². The monoisotopic (exact) mass is 427 g/mol. The van der Waals surface area contributed by atoms with Crippen molar-refractivity contribution in [3.63, 3.8) is 0 Å². The van der Waals surface area contributed by atoms with Gasteiger partial charge in [0.1, 0.15) is 0 Å². The predicted molar refractivity (Wildman–Crippen MR) is 116 cm³/mol. The van der Waals surface area contributed by atoms with Crippen molar-refractivity contribution in [2.75, 3.05) is 35.0 Å². The third-order valence-corrected chi connectivity index (χ3v) is 5.64. The molecule has 0 bridgehead atoms. The molecule has 0 aromatic heterocycles. The fraction of sp³-hybridized carbons (Fsp3) is 0.417. The van der Waals surface area contributed by atoms with Gasteiger partial charge < -0.3 is 23.8 Å². The number of nitrogens with zero attached hydrogens (tertiary/aromatic N) is 1. The molecule has 1 heterocycles. The Hall–Kier alpha value is -3.22. The minimum atomic E-state index is -0.101. The molecule has 2 aromatic carbocycles. The summed E-state index contributed by atoms with van der Waals surface area (Å²) in [7, 11) is 6.26. The van der Waals surface area contributed by atoms with Crippen molar-refractivity contribution in [3.8, 4) is 23.0 Å². The molecule has 0 radical (unpaired) electrons. The Labute approximate surface area is 182 Å². The number of hydrogen-bond donors (Lipinski definition) is 0. The van der Waals surface area contributed by atoms with Crippen molar-refractivity contribution in [1.82, 2.24) is 4.90 Å². The lowest BCUT2D eigenvalue weighted by Crippen LogP contribution is -2.30. The van der Waals surface area contributed by atoms with E-state index in [4.69, 9.17) is 18.9 Å². The topological polar surface area (TPSA) is 74.3 Å². The van der Waals surface area contributed by atoms with E-state index in [2.05, 4.69) is 0 Å². The number of carbonyl (C=O) groups is 2. The van der Waals surface area contributed by atoms with E-state index < -0.39 is 0 Å². The van der Waals surface area contributed by atoms with Crippen molar-refractivity contribution in [2.24, 2.45) is 0 Å². The second-order valence-corrected chi connectivity index (χ2v) is 7.35. The van der Waals surface area contributed by atoms with Gasteiger partial charge in [-0.25, -0.2) is 0 Å². The van der Waals surface area contributed by atoms with Crippen LogP contribution in [0.4, 0.5) is 0 Å². The molecule has 7 nitrogen and oxygen atoms in total. The summed E-state index contributed by atoms with van der Waals surface area (Å²) < 4.78 is 21.2. The first-order valence-electron chi connectivity index (χ1n) is 10.3. The van der Waals surface area contributed by atoms with Gasteiger partial charge >= 0.3 is 0 Å². The minimum absolute atomic E-state index is 0.0221. The molecule has 1 amide bonds. The van der Waals surface area contributed by atoms with E-state index in [1.807, 2.05) is 23.1 Å². The van der Waals surface area contributed by atoms with E-state index in [0.717, 1.165) is 18.4 Å². The lowest BCUT2D eigenvalue weighted by Gasteiger charge is -2.25. The number of likely N-dealkylation sites (tertiary alicyclic amines) is 1. The first kappa shape index (κ1) is 22.5. The van der Waals surface area contributed by atoms with E-state index in [0.29, 0.717) is 35.1 Å². The fourth-order valence-electron chi connectivity index (χ4n) is 3.99. The Bertz CT molecular complexity index is 942. The highest BCUT2D eigenvalue weighted by molar-refractivity contribution is 5.98. The van der Waals surface area contributed by atoms with Crippen LogP contribution in [0.15, 0.2) is 36.4 Å². The number of amides is 1. The number of ketones is 1. The molecule has 0 saturated carbocycles. The normalized spacial score (nSPS) is 15.5. The van der Waals surface area contributed by atoms with E-state index >= 15 is 0 Å². The van der Waals surface area contributed by atoms with Crippen molar-refractivity contribution < 1.29 is 28.5 Å². The number of ether oxygens (including phenoxy) is 4. The van der Waals surface area contributed by atoms with Gasteiger partial charge in [-0.15, -0.1) is 0 Å². The Morgan fingerprint density at radius 3 is 2.10 bits per heavy atom. The van der Waals surface area contributed by atoms with Crippen molar-refractivity contribution in [3.05, 3.63) is 47.5 Å². The molecule has 0 N–H and O–H groups in total. The summed E-state index contributed by atoms with van der Waals surface area (Å²) in [6.07, 6.45) is 2.11. The average molecular weight is 427 g/mol. The van der Waals surface area contributed by atoms with Crippen LogP contribution in [0.25, 0.3) is 0 Å². The summed E-state index contributed by atoms with van der Waals surface area (Å²) in [6.45, 7) is 0.683. The summed E-state index contributed by atoms with van der Waals surface area (Å²) in [5.74, 6) is 2.23. The average Bonchev–Trinajstić information content (AvgIpc) is 3.31. The molecule has 0 unspecified atom stereocenters. The van der Waals surface area contributed by atoms with Crippen LogP contribution in [-0.2, 0) is 4.79 Å². The quantitative estimate of drug-likeness (QED) is 0.562. The predicted octanol–water partition coefficient (Wildman–Crippen LogP) is 4.05. The van der Waals surface area contributed by atoms with Crippen molar-refractivity contribution >= 4 is 11.7 Å². The third kappa shape index (κ3) is 4.93. The summed E-state index contributed by atoms with van der Waals surface area (Å²) in [6, 6.07) is 10.8. The van der Waals surface area contributed by atoms with E-state index in [-0.39, 0.29) is 30.6 Å². The van der Waals surface area contributed by atoms with E-state index in [1.165, 1.54) is 7.11 Å². The zero-order chi connectivity index (χ0) is 22.4. The molecule has 1 atom stereocenters. The van der Waals surface area contributed by atoms with Crippen LogP contribution >= 0.6 is 0 Å². The SMILES string of the molecule is COc1ccc(C(=O)CCC(=O)N2CCC[C@@H]2c2ccc(OC)c(OC)c2)cc1OC. The first-order chi connectivity index (χ1) is 15.0. The van der Waals surface area contributed by atoms with Crippen LogP contribution in [0.2, 0.25) is 0 Å². The van der Waals surface area contributed by atoms with Crippen LogP contribution in [0.3, 0.4) is 0 Å². The van der Waals surface area contributed by atoms with Crippen molar-refractivity contribution in [2.45, 2.75) is 31.7 Å². The van der Waals surface area contributed by atoms with Gasteiger partial charge in [-0.05, 0) is 48.7 Å². The first-order valence-corrected chi connectivity index (χ1v) is 10.3. The maximum atomic E-state index is 12.9. The number of methoxy groups -OCH3 is 4. The Balaban J connectivity index is 1.67. The van der Waals surface area contributed by atoms with Crippen LogP contribution in [0.1, 0.15) is 47.6 Å². The maximum absolute atomic E-state index is 12.9. The third-order valence-electron chi connectivity index (χ3n) is 5.64. The Kier molecular flexibility index (Phi) is 7.39. The molecule has 31 heavy (non-hydrogen) atoms. The zero-order valence-corrected chi connectivity index (χ0v) is 18.5. The van der Waals surface area contributed by atoms with Gasteiger partial charge in [-0.2, -0.15) is 0 Å². The zero-order valence-electron chi connectivity index (χ0n) is 18.5. The molecule has 166 valence electrons. The lowest BCUT2D eigenvalue weighted by atomic mass is 10.0. The molecule has 0 aliphatic carbocycles. The van der Waals surface area contributed by atoms with Crippen molar-refractivity contribution in [1.29, 1.82) is 0 Å². The van der Waals surface area contributed by atoms with Crippen LogP contribution < -0.4 is 18.9 Å².